The van der Waals surface area contributed by atoms with Gasteiger partial charge in [-0.15, -0.1) is 0 Å². The molecule has 0 spiro atoms. The van der Waals surface area contributed by atoms with Gasteiger partial charge in [-0.2, -0.15) is 0 Å². The van der Waals surface area contributed by atoms with E-state index in [2.05, 4.69) is 41.1 Å². The van der Waals surface area contributed by atoms with Gasteiger partial charge in [0.05, 0.1) is 5.92 Å². The molecular formula is C20H23N3O. The molecule has 1 aromatic carbocycles. The molecule has 1 aliphatic carbocycles. The average molecular weight is 321 g/mol. The number of fused-ring (bicyclic) bond motifs is 1. The summed E-state index contributed by atoms with van der Waals surface area (Å²) >= 11 is 0. The van der Waals surface area contributed by atoms with Gasteiger partial charge in [-0.25, -0.2) is 4.98 Å². The standard InChI is InChI=1S/C20H23N3O/c1-15-5-4-10-21-19(15)22-11-13-23(14-12-22)20(24)18-9-8-16-6-2-3-7-17(16)18/h2-7,10,18H,8-9,11-14H2,1H3. The highest BCUT2D eigenvalue weighted by Crippen LogP contribution is 2.34. The topological polar surface area (TPSA) is 36.4 Å². The fourth-order valence-electron chi connectivity index (χ4n) is 3.98. The molecule has 1 atom stereocenters. The van der Waals surface area contributed by atoms with Crippen LogP contribution in [0.15, 0.2) is 42.6 Å². The largest absolute Gasteiger partial charge is 0.353 e. The highest BCUT2D eigenvalue weighted by molar-refractivity contribution is 5.85. The lowest BCUT2D eigenvalue weighted by Crippen LogP contribution is -2.50. The van der Waals surface area contributed by atoms with Crippen LogP contribution in [-0.4, -0.2) is 42.0 Å². The first-order valence-electron chi connectivity index (χ1n) is 8.77. The zero-order valence-corrected chi connectivity index (χ0v) is 14.1. The van der Waals surface area contributed by atoms with E-state index in [0.717, 1.165) is 44.8 Å². The number of aryl methyl sites for hydroxylation is 2. The third-order valence-electron chi connectivity index (χ3n) is 5.30. The summed E-state index contributed by atoms with van der Waals surface area (Å²) in [6.07, 6.45) is 3.83. The van der Waals surface area contributed by atoms with Crippen LogP contribution in [-0.2, 0) is 11.2 Å². The molecule has 0 bridgehead atoms. The monoisotopic (exact) mass is 321 g/mol. The molecule has 4 heteroatoms. The lowest BCUT2D eigenvalue weighted by molar-refractivity contribution is -0.133. The number of pyridine rings is 1. The lowest BCUT2D eigenvalue weighted by Gasteiger charge is -2.37. The Labute approximate surface area is 143 Å². The fourth-order valence-corrected chi connectivity index (χ4v) is 3.98. The van der Waals surface area contributed by atoms with E-state index in [1.165, 1.54) is 16.7 Å². The molecule has 4 nitrogen and oxygen atoms in total. The maximum atomic E-state index is 13.0. The predicted octanol–water partition coefficient (Wildman–Crippen LogP) is 2.77. The number of hydrogen-bond acceptors (Lipinski definition) is 3. The molecular weight excluding hydrogens is 298 g/mol. The Morgan fingerprint density at radius 3 is 2.67 bits per heavy atom. The summed E-state index contributed by atoms with van der Waals surface area (Å²) in [5.74, 6) is 1.41. The maximum absolute atomic E-state index is 13.0. The number of piperazine rings is 1. The van der Waals surface area contributed by atoms with Gasteiger partial charge in [0, 0.05) is 32.4 Å². The summed E-state index contributed by atoms with van der Waals surface area (Å²) < 4.78 is 0. The molecule has 0 radical (unpaired) electrons. The molecule has 2 aliphatic rings. The van der Waals surface area contributed by atoms with E-state index in [-0.39, 0.29) is 5.92 Å². The molecule has 1 amide bonds. The molecule has 1 aromatic heterocycles. The number of hydrogen-bond donors (Lipinski definition) is 0. The molecule has 124 valence electrons. The van der Waals surface area contributed by atoms with Crippen LogP contribution in [0.25, 0.3) is 0 Å². The van der Waals surface area contributed by atoms with Gasteiger partial charge < -0.3 is 9.80 Å². The van der Waals surface area contributed by atoms with Crippen LogP contribution in [0.2, 0.25) is 0 Å². The maximum Gasteiger partial charge on any atom is 0.230 e. The third kappa shape index (κ3) is 2.66. The Balaban J connectivity index is 1.43. The van der Waals surface area contributed by atoms with Crippen LogP contribution < -0.4 is 4.90 Å². The van der Waals surface area contributed by atoms with E-state index in [1.807, 2.05) is 23.2 Å². The molecule has 1 unspecified atom stereocenters. The van der Waals surface area contributed by atoms with Crippen molar-refractivity contribution in [2.45, 2.75) is 25.7 Å². The van der Waals surface area contributed by atoms with E-state index in [4.69, 9.17) is 0 Å². The first kappa shape index (κ1) is 15.2. The average Bonchev–Trinajstić information content (AvgIpc) is 3.06. The number of carbonyl (C=O) groups is 1. The Hall–Kier alpha value is -2.36. The van der Waals surface area contributed by atoms with Gasteiger partial charge in [0.15, 0.2) is 0 Å². The van der Waals surface area contributed by atoms with Gasteiger partial charge in [-0.05, 0) is 42.5 Å². The summed E-state index contributed by atoms with van der Waals surface area (Å²) in [4.78, 5) is 21.8. The number of rotatable bonds is 2. The van der Waals surface area contributed by atoms with Crippen molar-refractivity contribution in [3.63, 3.8) is 0 Å². The van der Waals surface area contributed by atoms with Crippen molar-refractivity contribution in [1.29, 1.82) is 0 Å². The van der Waals surface area contributed by atoms with Crippen LogP contribution in [0.1, 0.15) is 29.0 Å². The third-order valence-corrected chi connectivity index (χ3v) is 5.30. The highest BCUT2D eigenvalue weighted by atomic mass is 16.2. The summed E-state index contributed by atoms with van der Waals surface area (Å²) in [7, 11) is 0. The number of carbonyl (C=O) groups excluding carboxylic acids is 1. The van der Waals surface area contributed by atoms with Crippen molar-refractivity contribution >= 4 is 11.7 Å². The van der Waals surface area contributed by atoms with Crippen molar-refractivity contribution in [1.82, 2.24) is 9.88 Å². The SMILES string of the molecule is Cc1cccnc1N1CCN(C(=O)C2CCc3ccccc32)CC1. The summed E-state index contributed by atoms with van der Waals surface area (Å²) in [5, 5.41) is 0. The number of amides is 1. The van der Waals surface area contributed by atoms with E-state index in [0.29, 0.717) is 5.91 Å². The van der Waals surface area contributed by atoms with Gasteiger partial charge >= 0.3 is 0 Å². The van der Waals surface area contributed by atoms with Crippen molar-refractivity contribution < 1.29 is 4.79 Å². The normalized spacial score (nSPS) is 20.1. The summed E-state index contributed by atoms with van der Waals surface area (Å²) in [6, 6.07) is 12.5. The quantitative estimate of drug-likeness (QED) is 0.853. The van der Waals surface area contributed by atoms with Gasteiger partial charge in [-0.1, -0.05) is 30.3 Å². The predicted molar refractivity (Wildman–Crippen MR) is 95.3 cm³/mol. The second-order valence-corrected chi connectivity index (χ2v) is 6.75. The Morgan fingerprint density at radius 1 is 1.08 bits per heavy atom. The van der Waals surface area contributed by atoms with Crippen molar-refractivity contribution in [3.05, 3.63) is 59.3 Å². The van der Waals surface area contributed by atoms with Crippen LogP contribution >= 0.6 is 0 Å². The Morgan fingerprint density at radius 2 is 1.88 bits per heavy atom. The van der Waals surface area contributed by atoms with Gasteiger partial charge in [0.25, 0.3) is 0 Å². The Kier molecular flexibility index (Phi) is 3.97. The van der Waals surface area contributed by atoms with E-state index in [9.17, 15) is 4.79 Å². The Bertz CT molecular complexity index is 750. The zero-order valence-electron chi connectivity index (χ0n) is 14.1. The minimum Gasteiger partial charge on any atom is -0.353 e. The highest BCUT2D eigenvalue weighted by Gasteiger charge is 2.33. The molecule has 2 aromatic rings. The smallest absolute Gasteiger partial charge is 0.230 e. The molecule has 2 heterocycles. The molecule has 1 saturated heterocycles. The van der Waals surface area contributed by atoms with Crippen molar-refractivity contribution in [2.75, 3.05) is 31.1 Å². The van der Waals surface area contributed by atoms with E-state index >= 15 is 0 Å². The lowest BCUT2D eigenvalue weighted by atomic mass is 9.99. The summed E-state index contributed by atoms with van der Waals surface area (Å²) in [5.41, 5.74) is 3.78. The first-order chi connectivity index (χ1) is 11.7. The van der Waals surface area contributed by atoms with Crippen LogP contribution in [0, 0.1) is 6.92 Å². The van der Waals surface area contributed by atoms with Crippen molar-refractivity contribution in [3.8, 4) is 0 Å². The van der Waals surface area contributed by atoms with Gasteiger partial charge in [0.2, 0.25) is 5.91 Å². The molecule has 0 N–H and O–H groups in total. The molecule has 1 fully saturated rings. The zero-order chi connectivity index (χ0) is 16.5. The number of benzene rings is 1. The second-order valence-electron chi connectivity index (χ2n) is 6.75. The van der Waals surface area contributed by atoms with Crippen LogP contribution in [0.3, 0.4) is 0 Å². The fraction of sp³-hybridized carbons (Fsp3) is 0.400. The molecule has 24 heavy (non-hydrogen) atoms. The van der Waals surface area contributed by atoms with E-state index in [1.54, 1.807) is 0 Å². The minimum atomic E-state index is 0.0596. The van der Waals surface area contributed by atoms with Gasteiger partial charge in [-0.3, -0.25) is 4.79 Å². The number of aromatic nitrogens is 1. The first-order valence-corrected chi connectivity index (χ1v) is 8.77. The number of anilines is 1. The molecule has 0 saturated carbocycles. The van der Waals surface area contributed by atoms with Gasteiger partial charge in [0.1, 0.15) is 5.82 Å². The summed E-state index contributed by atoms with van der Waals surface area (Å²) in [6.45, 7) is 5.38. The van der Waals surface area contributed by atoms with Crippen molar-refractivity contribution in [2.24, 2.45) is 0 Å². The second kappa shape index (κ2) is 6.27. The minimum absolute atomic E-state index is 0.0596. The van der Waals surface area contributed by atoms with E-state index < -0.39 is 0 Å². The van der Waals surface area contributed by atoms with Crippen LogP contribution in [0.4, 0.5) is 5.82 Å². The number of nitrogens with zero attached hydrogens (tertiary/aromatic N) is 3. The molecule has 1 aliphatic heterocycles. The molecule has 4 rings (SSSR count). The van der Waals surface area contributed by atoms with Crippen LogP contribution in [0.5, 0.6) is 0 Å².